The largest absolute Gasteiger partial charge is 0.496 e. The van der Waals surface area contributed by atoms with Crippen LogP contribution in [-0.4, -0.2) is 36.5 Å². The number of rotatable bonds is 6. The molecule has 2 aromatic heterocycles. The summed E-state index contributed by atoms with van der Waals surface area (Å²) in [6.07, 6.45) is 2.72. The Hall–Kier alpha value is -3.01. The highest BCUT2D eigenvalue weighted by molar-refractivity contribution is 7.93. The summed E-state index contributed by atoms with van der Waals surface area (Å²) in [4.78, 5) is 19.7. The Morgan fingerprint density at radius 3 is 2.61 bits per heavy atom. The standard InChI is InChI=1S/C18H17F2N3O4S/c1-9(2)28(25,26)23-12-5-4-11(19)15(16(12)20)17(24)10-8-22-18-14(10)13(27-3)6-7-21-18/h4-9,23H,1-3H3,(H,21,22). The lowest BCUT2D eigenvalue weighted by molar-refractivity contribution is 0.103. The Labute approximate surface area is 159 Å². The van der Waals surface area contributed by atoms with E-state index in [1.807, 2.05) is 4.72 Å². The summed E-state index contributed by atoms with van der Waals surface area (Å²) < 4.78 is 60.5. The third kappa shape index (κ3) is 3.31. The van der Waals surface area contributed by atoms with Crippen molar-refractivity contribution < 1.29 is 26.7 Å². The van der Waals surface area contributed by atoms with E-state index in [0.717, 1.165) is 12.1 Å². The van der Waals surface area contributed by atoms with Crippen LogP contribution in [0.1, 0.15) is 29.8 Å². The van der Waals surface area contributed by atoms with Crippen LogP contribution in [0.25, 0.3) is 11.0 Å². The number of carbonyl (C=O) groups excluding carboxylic acids is 1. The SMILES string of the molecule is COc1ccnc2[nH]cc(C(=O)c3c(F)ccc(NS(=O)(=O)C(C)C)c3F)c12. The molecule has 0 aliphatic carbocycles. The van der Waals surface area contributed by atoms with E-state index in [1.54, 1.807) is 0 Å². The molecule has 0 radical (unpaired) electrons. The quantitative estimate of drug-likeness (QED) is 0.609. The fraction of sp³-hybridized carbons (Fsp3) is 0.222. The van der Waals surface area contributed by atoms with Gasteiger partial charge < -0.3 is 9.72 Å². The van der Waals surface area contributed by atoms with Crippen molar-refractivity contribution in [3.05, 3.63) is 53.4 Å². The Morgan fingerprint density at radius 2 is 1.96 bits per heavy atom. The van der Waals surface area contributed by atoms with Gasteiger partial charge in [-0.05, 0) is 32.0 Å². The Balaban J connectivity index is 2.14. The van der Waals surface area contributed by atoms with Gasteiger partial charge in [0.15, 0.2) is 5.82 Å². The first-order valence-electron chi connectivity index (χ1n) is 8.21. The lowest BCUT2D eigenvalue weighted by atomic mass is 10.0. The minimum Gasteiger partial charge on any atom is -0.496 e. The number of hydrogen-bond acceptors (Lipinski definition) is 5. The Morgan fingerprint density at radius 1 is 1.25 bits per heavy atom. The number of H-pyrrole nitrogens is 1. The van der Waals surface area contributed by atoms with E-state index < -0.39 is 43.9 Å². The molecule has 28 heavy (non-hydrogen) atoms. The van der Waals surface area contributed by atoms with Crippen LogP contribution in [0.3, 0.4) is 0 Å². The Bertz CT molecular complexity index is 1170. The van der Waals surface area contributed by atoms with Gasteiger partial charge in [0.1, 0.15) is 17.2 Å². The number of methoxy groups -OCH3 is 1. The summed E-state index contributed by atoms with van der Waals surface area (Å²) in [6, 6.07) is 3.27. The molecule has 3 aromatic rings. The molecule has 0 fully saturated rings. The van der Waals surface area contributed by atoms with Crippen LogP contribution in [0.4, 0.5) is 14.5 Å². The van der Waals surface area contributed by atoms with Crippen molar-refractivity contribution in [1.29, 1.82) is 0 Å². The summed E-state index contributed by atoms with van der Waals surface area (Å²) in [5.74, 6) is -3.09. The van der Waals surface area contributed by atoms with E-state index in [9.17, 15) is 22.0 Å². The van der Waals surface area contributed by atoms with Crippen molar-refractivity contribution in [2.24, 2.45) is 0 Å². The topological polar surface area (TPSA) is 101 Å². The molecule has 0 spiro atoms. The zero-order valence-corrected chi connectivity index (χ0v) is 16.0. The number of halogens is 2. The molecule has 10 heteroatoms. The zero-order chi connectivity index (χ0) is 20.6. The molecule has 0 unspecified atom stereocenters. The fourth-order valence-corrected chi connectivity index (χ4v) is 3.32. The number of hydrogen-bond donors (Lipinski definition) is 2. The number of ketones is 1. The van der Waals surface area contributed by atoms with Gasteiger partial charge in [0.05, 0.1) is 34.6 Å². The first-order chi connectivity index (χ1) is 13.2. The zero-order valence-electron chi connectivity index (χ0n) is 15.2. The molecular weight excluding hydrogens is 392 g/mol. The monoisotopic (exact) mass is 409 g/mol. The summed E-state index contributed by atoms with van der Waals surface area (Å²) in [7, 11) is -2.50. The number of aromatic nitrogens is 2. The Kier molecular flexibility index (Phi) is 5.07. The number of aromatic amines is 1. The van der Waals surface area contributed by atoms with Crippen LogP contribution in [-0.2, 0) is 10.0 Å². The molecular formula is C18H17F2N3O4S. The second-order valence-electron chi connectivity index (χ2n) is 6.25. The number of fused-ring (bicyclic) bond motifs is 1. The molecule has 7 nitrogen and oxygen atoms in total. The molecule has 1 aromatic carbocycles. The van der Waals surface area contributed by atoms with Crippen molar-refractivity contribution in [2.75, 3.05) is 11.8 Å². The molecule has 3 rings (SSSR count). The summed E-state index contributed by atoms with van der Waals surface area (Å²) in [5.41, 5.74) is -1.14. The predicted octanol–water partition coefficient (Wildman–Crippen LogP) is 3.23. The van der Waals surface area contributed by atoms with Gasteiger partial charge in [-0.15, -0.1) is 0 Å². The minimum absolute atomic E-state index is 0.0541. The highest BCUT2D eigenvalue weighted by atomic mass is 32.2. The first-order valence-corrected chi connectivity index (χ1v) is 9.76. The number of anilines is 1. The van der Waals surface area contributed by atoms with E-state index in [0.29, 0.717) is 11.4 Å². The minimum atomic E-state index is -3.89. The van der Waals surface area contributed by atoms with Crippen LogP contribution in [0.2, 0.25) is 0 Å². The average molecular weight is 409 g/mol. The number of pyridine rings is 1. The maximum Gasteiger partial charge on any atom is 0.235 e. The number of nitrogens with one attached hydrogen (secondary N) is 2. The lowest BCUT2D eigenvalue weighted by Gasteiger charge is -2.13. The van der Waals surface area contributed by atoms with Crippen LogP contribution in [0, 0.1) is 11.6 Å². The lowest BCUT2D eigenvalue weighted by Crippen LogP contribution is -2.23. The number of benzene rings is 1. The van der Waals surface area contributed by atoms with Gasteiger partial charge in [-0.3, -0.25) is 9.52 Å². The van der Waals surface area contributed by atoms with Crippen molar-refractivity contribution in [1.82, 2.24) is 9.97 Å². The van der Waals surface area contributed by atoms with Gasteiger partial charge in [-0.2, -0.15) is 0 Å². The molecule has 0 atom stereocenters. The van der Waals surface area contributed by atoms with Crippen LogP contribution >= 0.6 is 0 Å². The molecule has 2 heterocycles. The molecule has 0 saturated heterocycles. The highest BCUT2D eigenvalue weighted by Gasteiger charge is 2.27. The number of carbonyl (C=O) groups is 1. The van der Waals surface area contributed by atoms with Crippen molar-refractivity contribution >= 4 is 32.5 Å². The maximum absolute atomic E-state index is 14.9. The molecule has 0 bridgehead atoms. The second-order valence-corrected chi connectivity index (χ2v) is 8.48. The summed E-state index contributed by atoms with van der Waals surface area (Å²) in [5, 5.41) is -0.581. The summed E-state index contributed by atoms with van der Waals surface area (Å²) >= 11 is 0. The van der Waals surface area contributed by atoms with Crippen LogP contribution in [0.15, 0.2) is 30.6 Å². The maximum atomic E-state index is 14.9. The van der Waals surface area contributed by atoms with Gasteiger partial charge >= 0.3 is 0 Å². The molecule has 148 valence electrons. The third-order valence-corrected chi connectivity index (χ3v) is 5.94. The normalized spacial score (nSPS) is 11.8. The number of ether oxygens (including phenoxy) is 1. The predicted molar refractivity (Wildman–Crippen MR) is 100 cm³/mol. The molecule has 0 aliphatic rings. The summed E-state index contributed by atoms with van der Waals surface area (Å²) in [6.45, 7) is 2.81. The van der Waals surface area contributed by atoms with E-state index in [2.05, 4.69) is 9.97 Å². The average Bonchev–Trinajstić information content (AvgIpc) is 3.08. The van der Waals surface area contributed by atoms with Gasteiger partial charge in [-0.25, -0.2) is 22.2 Å². The van der Waals surface area contributed by atoms with E-state index >= 15 is 0 Å². The van der Waals surface area contributed by atoms with Gasteiger partial charge in [0.2, 0.25) is 15.8 Å². The van der Waals surface area contributed by atoms with Gasteiger partial charge in [0, 0.05) is 12.4 Å². The van der Waals surface area contributed by atoms with Crippen molar-refractivity contribution in [3.63, 3.8) is 0 Å². The van der Waals surface area contributed by atoms with E-state index in [4.69, 9.17) is 4.74 Å². The molecule has 0 saturated carbocycles. The number of sulfonamides is 1. The van der Waals surface area contributed by atoms with E-state index in [-0.39, 0.29) is 10.9 Å². The van der Waals surface area contributed by atoms with Gasteiger partial charge in [-0.1, -0.05) is 0 Å². The number of nitrogens with zero attached hydrogens (tertiary/aromatic N) is 1. The van der Waals surface area contributed by atoms with Crippen molar-refractivity contribution in [3.8, 4) is 5.75 Å². The first kappa shape index (κ1) is 19.7. The molecule has 0 aliphatic heterocycles. The highest BCUT2D eigenvalue weighted by Crippen LogP contribution is 2.31. The van der Waals surface area contributed by atoms with Crippen LogP contribution in [0.5, 0.6) is 5.75 Å². The van der Waals surface area contributed by atoms with E-state index in [1.165, 1.54) is 39.4 Å². The van der Waals surface area contributed by atoms with Crippen molar-refractivity contribution in [2.45, 2.75) is 19.1 Å². The van der Waals surface area contributed by atoms with Crippen LogP contribution < -0.4 is 9.46 Å². The third-order valence-electron chi connectivity index (χ3n) is 4.19. The fourth-order valence-electron chi connectivity index (χ4n) is 2.62. The molecule has 0 amide bonds. The van der Waals surface area contributed by atoms with Gasteiger partial charge in [0.25, 0.3) is 0 Å². The molecule has 2 N–H and O–H groups in total. The second kappa shape index (κ2) is 7.19. The smallest absolute Gasteiger partial charge is 0.235 e.